The first kappa shape index (κ1) is 23.4. The number of aromatic nitrogens is 4. The van der Waals surface area contributed by atoms with Crippen LogP contribution < -0.4 is 4.90 Å². The molecule has 0 saturated carbocycles. The summed E-state index contributed by atoms with van der Waals surface area (Å²) in [5.41, 5.74) is 2.31. The number of hydrogen-bond acceptors (Lipinski definition) is 6. The molecule has 0 bridgehead atoms. The molecule has 4 heterocycles. The number of nitrogens with zero attached hydrogens (tertiary/aromatic N) is 6. The van der Waals surface area contributed by atoms with Gasteiger partial charge in [-0.25, -0.2) is 19.0 Å². The standard InChI is InChI=1S/C26H29FN6OS/c1-4-6-17(2)23-28-24(31-12-14-32(15-13-31)26(34)21-7-5-16-35-21)22-18(3)30-33(25(22)29-23)20-10-8-19(27)9-11-20/h5,7-11,16-17H,4,6,12-15H2,1-3H3/t17-/m0/s1. The zero-order valence-electron chi connectivity index (χ0n) is 20.2. The summed E-state index contributed by atoms with van der Waals surface area (Å²) in [4.78, 5) is 27.7. The van der Waals surface area contributed by atoms with E-state index in [1.165, 1.54) is 23.5 Å². The van der Waals surface area contributed by atoms with Gasteiger partial charge in [0.1, 0.15) is 17.5 Å². The number of halogens is 1. The quantitative estimate of drug-likeness (QED) is 0.371. The molecule has 0 unspecified atom stereocenters. The molecule has 0 spiro atoms. The number of benzene rings is 1. The van der Waals surface area contributed by atoms with E-state index in [4.69, 9.17) is 15.1 Å². The van der Waals surface area contributed by atoms with Gasteiger partial charge < -0.3 is 9.80 Å². The lowest BCUT2D eigenvalue weighted by molar-refractivity contribution is 0.0751. The first-order valence-corrected chi connectivity index (χ1v) is 12.9. The monoisotopic (exact) mass is 492 g/mol. The molecule has 0 aliphatic carbocycles. The van der Waals surface area contributed by atoms with Crippen LogP contribution in [0.4, 0.5) is 10.2 Å². The summed E-state index contributed by atoms with van der Waals surface area (Å²) in [5.74, 6) is 1.65. The van der Waals surface area contributed by atoms with Crippen LogP contribution in [0.3, 0.4) is 0 Å². The van der Waals surface area contributed by atoms with Crippen LogP contribution >= 0.6 is 11.3 Å². The van der Waals surface area contributed by atoms with Crippen LogP contribution in [0.2, 0.25) is 0 Å². The normalized spacial score (nSPS) is 15.1. The molecule has 1 fully saturated rings. The van der Waals surface area contributed by atoms with E-state index in [1.807, 2.05) is 29.3 Å². The van der Waals surface area contributed by atoms with Crippen molar-refractivity contribution >= 4 is 34.1 Å². The highest BCUT2D eigenvalue weighted by atomic mass is 32.1. The molecular formula is C26H29FN6OS. The summed E-state index contributed by atoms with van der Waals surface area (Å²) in [5, 5.41) is 7.61. The Kier molecular flexibility index (Phi) is 6.51. The number of thiophene rings is 1. The molecule has 5 rings (SSSR count). The van der Waals surface area contributed by atoms with E-state index in [9.17, 15) is 9.18 Å². The van der Waals surface area contributed by atoms with Crippen LogP contribution in [-0.4, -0.2) is 56.7 Å². The lowest BCUT2D eigenvalue weighted by atomic mass is 10.1. The Labute approximate surface area is 208 Å². The maximum atomic E-state index is 13.6. The number of piperazine rings is 1. The van der Waals surface area contributed by atoms with Gasteiger partial charge in [0.15, 0.2) is 5.65 Å². The predicted molar refractivity (Wildman–Crippen MR) is 137 cm³/mol. The second kappa shape index (κ2) is 9.73. The van der Waals surface area contributed by atoms with Gasteiger partial charge in [-0.2, -0.15) is 5.10 Å². The molecule has 35 heavy (non-hydrogen) atoms. The van der Waals surface area contributed by atoms with Crippen molar-refractivity contribution in [3.63, 3.8) is 0 Å². The summed E-state index contributed by atoms with van der Waals surface area (Å²) in [6, 6.07) is 10.1. The van der Waals surface area contributed by atoms with Crippen molar-refractivity contribution in [2.75, 3.05) is 31.1 Å². The van der Waals surface area contributed by atoms with Gasteiger partial charge in [-0.15, -0.1) is 11.3 Å². The minimum Gasteiger partial charge on any atom is -0.352 e. The summed E-state index contributed by atoms with van der Waals surface area (Å²) in [6.45, 7) is 8.91. The van der Waals surface area contributed by atoms with Gasteiger partial charge in [-0.05, 0) is 49.1 Å². The number of anilines is 1. The van der Waals surface area contributed by atoms with E-state index < -0.39 is 0 Å². The molecule has 0 radical (unpaired) electrons. The lowest BCUT2D eigenvalue weighted by Crippen LogP contribution is -2.49. The Morgan fingerprint density at radius 2 is 1.86 bits per heavy atom. The summed E-state index contributed by atoms with van der Waals surface area (Å²) >= 11 is 1.48. The molecule has 182 valence electrons. The Hall–Kier alpha value is -3.33. The molecule has 0 N–H and O–H groups in total. The Balaban J connectivity index is 1.53. The number of amides is 1. The van der Waals surface area contributed by atoms with Crippen molar-refractivity contribution in [2.45, 2.75) is 39.5 Å². The Morgan fingerprint density at radius 3 is 2.51 bits per heavy atom. The van der Waals surface area contributed by atoms with E-state index >= 15 is 0 Å². The smallest absolute Gasteiger partial charge is 0.264 e. The summed E-state index contributed by atoms with van der Waals surface area (Å²) < 4.78 is 15.4. The number of aryl methyl sites for hydroxylation is 1. The molecule has 1 atom stereocenters. The van der Waals surface area contributed by atoms with Crippen LogP contribution in [0.15, 0.2) is 41.8 Å². The molecule has 7 nitrogen and oxygen atoms in total. The molecule has 1 aliphatic rings. The van der Waals surface area contributed by atoms with Crippen molar-refractivity contribution in [3.05, 3.63) is 64.0 Å². The third-order valence-corrected chi connectivity index (χ3v) is 7.39. The second-order valence-corrected chi connectivity index (χ2v) is 9.97. The van der Waals surface area contributed by atoms with E-state index in [2.05, 4.69) is 18.7 Å². The highest BCUT2D eigenvalue weighted by Gasteiger charge is 2.28. The van der Waals surface area contributed by atoms with Gasteiger partial charge in [-0.1, -0.05) is 26.3 Å². The van der Waals surface area contributed by atoms with Crippen LogP contribution in [0, 0.1) is 12.7 Å². The van der Waals surface area contributed by atoms with Crippen molar-refractivity contribution in [3.8, 4) is 5.69 Å². The molecule has 1 saturated heterocycles. The SMILES string of the molecule is CCC[C@H](C)c1nc(N2CCN(C(=O)c3cccs3)CC2)c2c(C)nn(-c3ccc(F)cc3)c2n1. The van der Waals surface area contributed by atoms with Gasteiger partial charge in [0.05, 0.1) is 21.6 Å². The number of fused-ring (bicyclic) bond motifs is 1. The molecule has 1 aromatic carbocycles. The third-order valence-electron chi connectivity index (χ3n) is 6.53. The molecule has 1 aliphatic heterocycles. The van der Waals surface area contributed by atoms with Crippen molar-refractivity contribution in [1.82, 2.24) is 24.6 Å². The Bertz CT molecular complexity index is 1330. The van der Waals surface area contributed by atoms with Crippen LogP contribution in [-0.2, 0) is 0 Å². The first-order chi connectivity index (χ1) is 17.0. The highest BCUT2D eigenvalue weighted by molar-refractivity contribution is 7.12. The minimum absolute atomic E-state index is 0.0880. The molecule has 9 heteroatoms. The van der Waals surface area contributed by atoms with Crippen LogP contribution in [0.5, 0.6) is 0 Å². The number of rotatable bonds is 6. The zero-order valence-corrected chi connectivity index (χ0v) is 21.1. The van der Waals surface area contributed by atoms with Crippen LogP contribution in [0.25, 0.3) is 16.7 Å². The topological polar surface area (TPSA) is 67.2 Å². The second-order valence-electron chi connectivity index (χ2n) is 9.02. The van der Waals surface area contributed by atoms with Gasteiger partial charge in [0.25, 0.3) is 5.91 Å². The summed E-state index contributed by atoms with van der Waals surface area (Å²) in [6.07, 6.45) is 2.02. The highest BCUT2D eigenvalue weighted by Crippen LogP contribution is 2.32. The average Bonchev–Trinajstić information content (AvgIpc) is 3.53. The fourth-order valence-corrected chi connectivity index (χ4v) is 5.32. The van der Waals surface area contributed by atoms with Crippen molar-refractivity contribution in [1.29, 1.82) is 0 Å². The fraction of sp³-hybridized carbons (Fsp3) is 0.385. The number of carbonyl (C=O) groups is 1. The van der Waals surface area contributed by atoms with E-state index in [-0.39, 0.29) is 17.6 Å². The largest absolute Gasteiger partial charge is 0.352 e. The first-order valence-electron chi connectivity index (χ1n) is 12.1. The molecule has 3 aromatic heterocycles. The van der Waals surface area contributed by atoms with Gasteiger partial charge in [0, 0.05) is 32.1 Å². The van der Waals surface area contributed by atoms with Crippen molar-refractivity contribution in [2.24, 2.45) is 0 Å². The molecule has 4 aromatic rings. The third kappa shape index (κ3) is 4.52. The molecule has 1 amide bonds. The van der Waals surface area contributed by atoms with Gasteiger partial charge in [-0.3, -0.25) is 4.79 Å². The maximum absolute atomic E-state index is 13.6. The van der Waals surface area contributed by atoms with Gasteiger partial charge >= 0.3 is 0 Å². The maximum Gasteiger partial charge on any atom is 0.264 e. The van der Waals surface area contributed by atoms with E-state index in [0.717, 1.165) is 51.8 Å². The zero-order chi connectivity index (χ0) is 24.5. The molecular weight excluding hydrogens is 463 g/mol. The number of carbonyl (C=O) groups excluding carboxylic acids is 1. The Morgan fingerprint density at radius 1 is 1.11 bits per heavy atom. The summed E-state index contributed by atoms with van der Waals surface area (Å²) in [7, 11) is 0. The number of hydrogen-bond donors (Lipinski definition) is 0. The lowest BCUT2D eigenvalue weighted by Gasteiger charge is -2.35. The van der Waals surface area contributed by atoms with Gasteiger partial charge in [0.2, 0.25) is 0 Å². The van der Waals surface area contributed by atoms with Crippen molar-refractivity contribution < 1.29 is 9.18 Å². The average molecular weight is 493 g/mol. The van der Waals surface area contributed by atoms with E-state index in [0.29, 0.717) is 26.2 Å². The fourth-order valence-electron chi connectivity index (χ4n) is 4.63. The minimum atomic E-state index is -0.288. The van der Waals surface area contributed by atoms with Crippen LogP contribution in [0.1, 0.15) is 53.8 Å². The predicted octanol–water partition coefficient (Wildman–Crippen LogP) is 5.19. The van der Waals surface area contributed by atoms with E-state index in [1.54, 1.807) is 16.8 Å².